The third kappa shape index (κ3) is 3.12. The Balaban J connectivity index is 1.45. The fraction of sp³-hybridized carbons (Fsp3) is 0.278. The van der Waals surface area contributed by atoms with Crippen molar-refractivity contribution in [1.82, 2.24) is 15.0 Å². The summed E-state index contributed by atoms with van der Waals surface area (Å²) < 4.78 is 5.97. The molecule has 0 radical (unpaired) electrons. The molecule has 3 heterocycles. The van der Waals surface area contributed by atoms with Crippen LogP contribution in [0.1, 0.15) is 29.6 Å². The fourth-order valence-corrected chi connectivity index (χ4v) is 3.22. The van der Waals surface area contributed by atoms with Crippen LogP contribution >= 0.6 is 11.6 Å². The van der Waals surface area contributed by atoms with Crippen LogP contribution in [0.5, 0.6) is 0 Å². The zero-order valence-corrected chi connectivity index (χ0v) is 13.9. The topological polar surface area (TPSA) is 55.1 Å². The van der Waals surface area contributed by atoms with Crippen molar-refractivity contribution in [1.29, 1.82) is 0 Å². The Morgan fingerprint density at radius 1 is 1.12 bits per heavy atom. The summed E-state index contributed by atoms with van der Waals surface area (Å²) in [6, 6.07) is 9.63. The van der Waals surface area contributed by atoms with Gasteiger partial charge in [-0.05, 0) is 24.1 Å². The molecule has 1 aliphatic rings. The number of nitrogens with zero attached hydrogens (tertiary/aromatic N) is 4. The number of halogens is 1. The number of hydrogen-bond donors (Lipinski definition) is 0. The Morgan fingerprint density at radius 3 is 2.79 bits per heavy atom. The first kappa shape index (κ1) is 15.1. The molecular formula is C18H17ClN4O. The predicted octanol–water partition coefficient (Wildman–Crippen LogP) is 3.70. The highest BCUT2D eigenvalue weighted by atomic mass is 35.5. The maximum atomic E-state index is 6.21. The summed E-state index contributed by atoms with van der Waals surface area (Å²) >= 11 is 6.21. The second-order valence-electron chi connectivity index (χ2n) is 5.91. The lowest BCUT2D eigenvalue weighted by molar-refractivity contribution is 0.433. The molecule has 1 fully saturated rings. The van der Waals surface area contributed by atoms with Gasteiger partial charge in [-0.1, -0.05) is 29.8 Å². The molecule has 2 aromatic heterocycles. The van der Waals surface area contributed by atoms with Gasteiger partial charge in [0.2, 0.25) is 5.95 Å². The molecule has 1 saturated heterocycles. The van der Waals surface area contributed by atoms with Crippen molar-refractivity contribution < 1.29 is 4.42 Å². The first-order chi connectivity index (χ1) is 11.8. The Hall–Kier alpha value is -2.40. The predicted molar refractivity (Wildman–Crippen MR) is 92.4 cm³/mol. The molecule has 5 nitrogen and oxygen atoms in total. The number of hydrogen-bond acceptors (Lipinski definition) is 5. The van der Waals surface area contributed by atoms with Crippen LogP contribution in [-0.2, 0) is 6.42 Å². The van der Waals surface area contributed by atoms with Crippen LogP contribution in [0.4, 0.5) is 5.95 Å². The third-order valence-corrected chi connectivity index (χ3v) is 4.64. The average Bonchev–Trinajstić information content (AvgIpc) is 3.27. The summed E-state index contributed by atoms with van der Waals surface area (Å²) in [6.07, 6.45) is 6.99. The minimum atomic E-state index is 0.272. The van der Waals surface area contributed by atoms with Crippen LogP contribution in [0, 0.1) is 0 Å². The van der Waals surface area contributed by atoms with Gasteiger partial charge in [-0.2, -0.15) is 0 Å². The van der Waals surface area contributed by atoms with E-state index in [1.165, 1.54) is 0 Å². The lowest BCUT2D eigenvalue weighted by Crippen LogP contribution is -2.21. The largest absolute Gasteiger partial charge is 0.445 e. The van der Waals surface area contributed by atoms with Gasteiger partial charge in [0.15, 0.2) is 5.89 Å². The summed E-state index contributed by atoms with van der Waals surface area (Å²) in [4.78, 5) is 15.3. The summed E-state index contributed by atoms with van der Waals surface area (Å²) in [6.45, 7) is 1.74. The monoisotopic (exact) mass is 340 g/mol. The van der Waals surface area contributed by atoms with Crippen molar-refractivity contribution in [3.8, 4) is 0 Å². The summed E-state index contributed by atoms with van der Waals surface area (Å²) in [5.74, 6) is 2.67. The highest BCUT2D eigenvalue weighted by molar-refractivity contribution is 6.31. The van der Waals surface area contributed by atoms with Gasteiger partial charge in [0, 0.05) is 36.9 Å². The summed E-state index contributed by atoms with van der Waals surface area (Å²) in [5, 5.41) is 0.753. The molecule has 4 rings (SSSR count). The van der Waals surface area contributed by atoms with Crippen molar-refractivity contribution in [3.63, 3.8) is 0 Å². The Morgan fingerprint density at radius 2 is 1.96 bits per heavy atom. The molecule has 24 heavy (non-hydrogen) atoms. The van der Waals surface area contributed by atoms with Gasteiger partial charge >= 0.3 is 0 Å². The van der Waals surface area contributed by atoms with E-state index in [1.807, 2.05) is 30.3 Å². The van der Waals surface area contributed by atoms with Gasteiger partial charge in [-0.15, -0.1) is 0 Å². The van der Waals surface area contributed by atoms with E-state index < -0.39 is 0 Å². The third-order valence-electron chi connectivity index (χ3n) is 4.27. The minimum Gasteiger partial charge on any atom is -0.445 e. The van der Waals surface area contributed by atoms with E-state index in [4.69, 9.17) is 16.0 Å². The van der Waals surface area contributed by atoms with Crippen LogP contribution in [0.15, 0.2) is 53.3 Å². The van der Waals surface area contributed by atoms with E-state index in [-0.39, 0.29) is 5.92 Å². The molecular weight excluding hydrogens is 324 g/mol. The molecule has 0 unspecified atom stereocenters. The second-order valence-corrected chi connectivity index (χ2v) is 6.32. The van der Waals surface area contributed by atoms with Crippen molar-refractivity contribution in [3.05, 3.63) is 71.2 Å². The minimum absolute atomic E-state index is 0.272. The van der Waals surface area contributed by atoms with Gasteiger partial charge in [0.25, 0.3) is 0 Å². The quantitative estimate of drug-likeness (QED) is 0.724. The summed E-state index contributed by atoms with van der Waals surface area (Å²) in [7, 11) is 0. The second kappa shape index (κ2) is 6.61. The van der Waals surface area contributed by atoms with Crippen LogP contribution in [0.3, 0.4) is 0 Å². The summed E-state index contributed by atoms with van der Waals surface area (Å²) in [5.41, 5.74) is 1.05. The molecule has 122 valence electrons. The number of rotatable bonds is 4. The van der Waals surface area contributed by atoms with Crippen molar-refractivity contribution in [2.24, 2.45) is 0 Å². The SMILES string of the molecule is Clc1ccccc1Cc1cnc([C@H]2CCN(c3ncccn3)C2)o1. The van der Waals surface area contributed by atoms with E-state index in [0.29, 0.717) is 6.42 Å². The maximum Gasteiger partial charge on any atom is 0.225 e. The molecule has 3 aromatic rings. The van der Waals surface area contributed by atoms with Gasteiger partial charge in [-0.3, -0.25) is 0 Å². The highest BCUT2D eigenvalue weighted by Crippen LogP contribution is 2.29. The van der Waals surface area contributed by atoms with E-state index in [0.717, 1.165) is 47.7 Å². The molecule has 0 bridgehead atoms. The molecule has 1 aliphatic heterocycles. The molecule has 1 aromatic carbocycles. The lowest BCUT2D eigenvalue weighted by Gasteiger charge is -2.14. The Kier molecular flexibility index (Phi) is 4.17. The van der Waals surface area contributed by atoms with Crippen LogP contribution in [0.25, 0.3) is 0 Å². The van der Waals surface area contributed by atoms with Crippen LogP contribution < -0.4 is 4.90 Å². The Bertz CT molecular complexity index is 821. The number of oxazole rings is 1. The Labute approximate surface area is 145 Å². The van der Waals surface area contributed by atoms with Crippen LogP contribution in [-0.4, -0.2) is 28.0 Å². The first-order valence-electron chi connectivity index (χ1n) is 7.99. The van der Waals surface area contributed by atoms with Gasteiger partial charge < -0.3 is 9.32 Å². The first-order valence-corrected chi connectivity index (χ1v) is 8.37. The van der Waals surface area contributed by atoms with E-state index in [2.05, 4.69) is 19.9 Å². The standard InChI is InChI=1S/C18H17ClN4O/c19-16-5-2-1-4-13(16)10-15-11-22-17(24-15)14-6-9-23(12-14)18-20-7-3-8-21-18/h1-5,7-8,11,14H,6,9-10,12H2/t14-/m0/s1. The van der Waals surface area contributed by atoms with E-state index in [1.54, 1.807) is 18.6 Å². The molecule has 1 atom stereocenters. The number of anilines is 1. The fourth-order valence-electron chi connectivity index (χ4n) is 3.02. The maximum absolute atomic E-state index is 6.21. The zero-order chi connectivity index (χ0) is 16.4. The molecule has 6 heteroatoms. The normalized spacial score (nSPS) is 17.4. The molecule has 0 spiro atoms. The lowest BCUT2D eigenvalue weighted by atomic mass is 10.1. The van der Waals surface area contributed by atoms with Crippen molar-refractivity contribution in [2.45, 2.75) is 18.8 Å². The molecule has 0 aliphatic carbocycles. The molecule has 0 amide bonds. The van der Waals surface area contributed by atoms with Crippen molar-refractivity contribution >= 4 is 17.5 Å². The van der Waals surface area contributed by atoms with E-state index >= 15 is 0 Å². The smallest absolute Gasteiger partial charge is 0.225 e. The highest BCUT2D eigenvalue weighted by Gasteiger charge is 2.28. The van der Waals surface area contributed by atoms with Gasteiger partial charge in [-0.25, -0.2) is 15.0 Å². The number of aromatic nitrogens is 3. The van der Waals surface area contributed by atoms with Gasteiger partial charge in [0.1, 0.15) is 5.76 Å². The average molecular weight is 341 g/mol. The molecule has 0 saturated carbocycles. The molecule has 0 N–H and O–H groups in total. The van der Waals surface area contributed by atoms with Gasteiger partial charge in [0.05, 0.1) is 12.1 Å². The van der Waals surface area contributed by atoms with Crippen LogP contribution in [0.2, 0.25) is 5.02 Å². The van der Waals surface area contributed by atoms with E-state index in [9.17, 15) is 0 Å². The number of benzene rings is 1. The zero-order valence-electron chi connectivity index (χ0n) is 13.1. The van der Waals surface area contributed by atoms with Crippen molar-refractivity contribution in [2.75, 3.05) is 18.0 Å².